The maximum atomic E-state index is 12.8. The molecule has 1 aromatic heterocycles. The molecule has 2 aromatic rings. The van der Waals surface area contributed by atoms with Crippen molar-refractivity contribution in [1.82, 2.24) is 20.5 Å². The number of carbonyl (C=O) groups is 1. The van der Waals surface area contributed by atoms with Crippen molar-refractivity contribution >= 4 is 5.91 Å². The zero-order valence-electron chi connectivity index (χ0n) is 14.5. The number of aromatic amines is 1. The standard InChI is InChI=1S/C18H19F3N4O2/c19-18(20,21)12-5-3-4-11(10-12)16-23-17(27)14(24-25-16)8-9-15(26)22-13-6-1-2-7-13/h3-5,10,13H,1-2,6-9H2,(H,22,26)(H,23,25,27). The number of halogens is 3. The molecule has 0 saturated heterocycles. The third-order valence-electron chi connectivity index (χ3n) is 4.54. The molecule has 9 heteroatoms. The van der Waals surface area contributed by atoms with Gasteiger partial charge in [0.2, 0.25) is 5.91 Å². The van der Waals surface area contributed by atoms with E-state index in [-0.39, 0.29) is 41.9 Å². The summed E-state index contributed by atoms with van der Waals surface area (Å²) in [6, 6.07) is 4.68. The van der Waals surface area contributed by atoms with Gasteiger partial charge in [-0.25, -0.2) is 0 Å². The average molecular weight is 380 g/mol. The van der Waals surface area contributed by atoms with Crippen LogP contribution >= 0.6 is 0 Å². The summed E-state index contributed by atoms with van der Waals surface area (Å²) in [6.07, 6.45) is -0.118. The number of nitrogens with one attached hydrogen (secondary N) is 2. The molecule has 0 spiro atoms. The van der Waals surface area contributed by atoms with Crippen LogP contribution in [-0.4, -0.2) is 27.1 Å². The SMILES string of the molecule is O=C(CCc1nnc(-c2cccc(C(F)(F)F)c2)[nH]c1=O)NC1CCCC1. The largest absolute Gasteiger partial charge is 0.416 e. The van der Waals surface area contributed by atoms with Crippen molar-refractivity contribution in [3.8, 4) is 11.4 Å². The topological polar surface area (TPSA) is 87.7 Å². The highest BCUT2D eigenvalue weighted by molar-refractivity contribution is 5.76. The molecule has 144 valence electrons. The Balaban J connectivity index is 1.67. The Morgan fingerprint density at radius 1 is 1.22 bits per heavy atom. The van der Waals surface area contributed by atoms with Crippen LogP contribution in [-0.2, 0) is 17.4 Å². The molecule has 1 aliphatic rings. The maximum absolute atomic E-state index is 12.8. The minimum absolute atomic E-state index is 0.0507. The van der Waals surface area contributed by atoms with E-state index in [1.54, 1.807) is 0 Å². The number of nitrogens with zero attached hydrogens (tertiary/aromatic N) is 2. The summed E-state index contributed by atoms with van der Waals surface area (Å²) in [5.74, 6) is -0.199. The van der Waals surface area contributed by atoms with E-state index in [0.717, 1.165) is 37.8 Å². The lowest BCUT2D eigenvalue weighted by molar-refractivity contribution is -0.137. The molecule has 3 rings (SSSR count). The first-order valence-corrected chi connectivity index (χ1v) is 8.76. The van der Waals surface area contributed by atoms with Gasteiger partial charge in [0, 0.05) is 24.4 Å². The number of rotatable bonds is 5. The van der Waals surface area contributed by atoms with Crippen LogP contribution in [0.2, 0.25) is 0 Å². The van der Waals surface area contributed by atoms with Gasteiger partial charge in [-0.15, -0.1) is 10.2 Å². The van der Waals surface area contributed by atoms with Crippen LogP contribution in [0.1, 0.15) is 43.4 Å². The third kappa shape index (κ3) is 4.93. The highest BCUT2D eigenvalue weighted by Gasteiger charge is 2.30. The number of alkyl halides is 3. The van der Waals surface area contributed by atoms with E-state index in [4.69, 9.17) is 0 Å². The Hall–Kier alpha value is -2.71. The number of aryl methyl sites for hydroxylation is 1. The summed E-state index contributed by atoms with van der Waals surface area (Å²) in [4.78, 5) is 26.5. The molecule has 0 bridgehead atoms. The smallest absolute Gasteiger partial charge is 0.353 e. The van der Waals surface area contributed by atoms with Crippen LogP contribution in [0.5, 0.6) is 0 Å². The lowest BCUT2D eigenvalue weighted by atomic mass is 10.1. The summed E-state index contributed by atoms with van der Waals surface area (Å²) in [7, 11) is 0. The lowest BCUT2D eigenvalue weighted by Gasteiger charge is -2.11. The zero-order chi connectivity index (χ0) is 19.4. The summed E-state index contributed by atoms with van der Waals surface area (Å²) in [6.45, 7) is 0. The molecule has 0 unspecified atom stereocenters. The van der Waals surface area contributed by atoms with Gasteiger partial charge in [0.15, 0.2) is 5.82 Å². The minimum atomic E-state index is -4.49. The number of amides is 1. The quantitative estimate of drug-likeness (QED) is 0.835. The van der Waals surface area contributed by atoms with E-state index < -0.39 is 17.3 Å². The molecule has 1 heterocycles. The first-order valence-electron chi connectivity index (χ1n) is 8.76. The Morgan fingerprint density at radius 2 is 1.96 bits per heavy atom. The molecule has 2 N–H and O–H groups in total. The predicted molar refractivity (Wildman–Crippen MR) is 91.8 cm³/mol. The monoisotopic (exact) mass is 380 g/mol. The molecular formula is C18H19F3N4O2. The number of hydrogen-bond donors (Lipinski definition) is 2. The van der Waals surface area contributed by atoms with Gasteiger partial charge in [0.05, 0.1) is 5.56 Å². The average Bonchev–Trinajstić information content (AvgIpc) is 3.13. The van der Waals surface area contributed by atoms with E-state index >= 15 is 0 Å². The molecular weight excluding hydrogens is 361 g/mol. The van der Waals surface area contributed by atoms with Gasteiger partial charge in [-0.2, -0.15) is 13.2 Å². The van der Waals surface area contributed by atoms with Gasteiger partial charge < -0.3 is 10.3 Å². The number of carbonyl (C=O) groups excluding carboxylic acids is 1. The Kier molecular flexibility index (Phi) is 5.57. The van der Waals surface area contributed by atoms with E-state index in [0.29, 0.717) is 0 Å². The zero-order valence-corrected chi connectivity index (χ0v) is 14.5. The highest BCUT2D eigenvalue weighted by atomic mass is 19.4. The van der Waals surface area contributed by atoms with E-state index in [1.165, 1.54) is 12.1 Å². The summed E-state index contributed by atoms with van der Waals surface area (Å²) >= 11 is 0. The van der Waals surface area contributed by atoms with Crippen LogP contribution in [0, 0.1) is 0 Å². The van der Waals surface area contributed by atoms with E-state index in [2.05, 4.69) is 20.5 Å². The lowest BCUT2D eigenvalue weighted by Crippen LogP contribution is -2.33. The Labute approximate surface area is 153 Å². The predicted octanol–water partition coefficient (Wildman–Crippen LogP) is 2.84. The second-order valence-electron chi connectivity index (χ2n) is 6.58. The second kappa shape index (κ2) is 7.89. The van der Waals surface area contributed by atoms with Crippen molar-refractivity contribution in [3.05, 3.63) is 45.9 Å². The van der Waals surface area contributed by atoms with Crippen LogP contribution in [0.25, 0.3) is 11.4 Å². The first-order chi connectivity index (χ1) is 12.8. The van der Waals surface area contributed by atoms with Gasteiger partial charge in [0.1, 0.15) is 5.69 Å². The maximum Gasteiger partial charge on any atom is 0.416 e. The van der Waals surface area contributed by atoms with Crippen molar-refractivity contribution in [2.45, 2.75) is 50.7 Å². The Morgan fingerprint density at radius 3 is 2.63 bits per heavy atom. The summed E-state index contributed by atoms with van der Waals surface area (Å²) < 4.78 is 38.4. The highest BCUT2D eigenvalue weighted by Crippen LogP contribution is 2.31. The molecule has 1 fully saturated rings. The molecule has 6 nitrogen and oxygen atoms in total. The van der Waals surface area contributed by atoms with Gasteiger partial charge >= 0.3 is 6.18 Å². The van der Waals surface area contributed by atoms with Crippen LogP contribution < -0.4 is 10.9 Å². The van der Waals surface area contributed by atoms with Crippen molar-refractivity contribution in [3.63, 3.8) is 0 Å². The normalized spacial score (nSPS) is 15.1. The van der Waals surface area contributed by atoms with Crippen molar-refractivity contribution in [2.75, 3.05) is 0 Å². The number of benzene rings is 1. The number of H-pyrrole nitrogens is 1. The fraction of sp³-hybridized carbons (Fsp3) is 0.444. The third-order valence-corrected chi connectivity index (χ3v) is 4.54. The number of hydrogen-bond acceptors (Lipinski definition) is 4. The minimum Gasteiger partial charge on any atom is -0.353 e. The molecule has 1 aromatic carbocycles. The first kappa shape index (κ1) is 19.1. The molecule has 0 radical (unpaired) electrons. The Bertz CT molecular complexity index is 873. The second-order valence-corrected chi connectivity index (χ2v) is 6.58. The van der Waals surface area contributed by atoms with Crippen LogP contribution in [0.4, 0.5) is 13.2 Å². The van der Waals surface area contributed by atoms with Crippen molar-refractivity contribution in [2.24, 2.45) is 0 Å². The van der Waals surface area contributed by atoms with E-state index in [1.807, 2.05) is 0 Å². The van der Waals surface area contributed by atoms with E-state index in [9.17, 15) is 22.8 Å². The fourth-order valence-corrected chi connectivity index (χ4v) is 3.10. The van der Waals surface area contributed by atoms with Crippen molar-refractivity contribution in [1.29, 1.82) is 0 Å². The van der Waals surface area contributed by atoms with Crippen molar-refractivity contribution < 1.29 is 18.0 Å². The van der Waals surface area contributed by atoms with Gasteiger partial charge in [-0.05, 0) is 25.0 Å². The van der Waals surface area contributed by atoms with Crippen LogP contribution in [0.3, 0.4) is 0 Å². The molecule has 0 atom stereocenters. The fourth-order valence-electron chi connectivity index (χ4n) is 3.10. The molecule has 27 heavy (non-hydrogen) atoms. The number of aromatic nitrogens is 3. The van der Waals surface area contributed by atoms with Gasteiger partial charge in [0.25, 0.3) is 5.56 Å². The molecule has 1 saturated carbocycles. The summed E-state index contributed by atoms with van der Waals surface area (Å²) in [5, 5.41) is 10.5. The van der Waals surface area contributed by atoms with Crippen LogP contribution in [0.15, 0.2) is 29.1 Å². The molecule has 1 aliphatic carbocycles. The molecule has 1 amide bonds. The van der Waals surface area contributed by atoms with Gasteiger partial charge in [-0.3, -0.25) is 9.59 Å². The molecule has 0 aliphatic heterocycles. The van der Waals surface area contributed by atoms with Gasteiger partial charge in [-0.1, -0.05) is 25.0 Å². The summed E-state index contributed by atoms with van der Waals surface area (Å²) in [5.41, 5.74) is -1.21.